The number of hydrogen-bond donors (Lipinski definition) is 0. The molecule has 0 saturated carbocycles. The summed E-state index contributed by atoms with van der Waals surface area (Å²) in [5.41, 5.74) is 1.67. The fourth-order valence-electron chi connectivity index (χ4n) is 2.58. The predicted octanol–water partition coefficient (Wildman–Crippen LogP) is 3.35. The van der Waals surface area contributed by atoms with Gasteiger partial charge in [-0.2, -0.15) is 0 Å². The third-order valence-corrected chi connectivity index (χ3v) is 4.14. The molecule has 0 spiro atoms. The van der Waals surface area contributed by atoms with Gasteiger partial charge in [0.05, 0.1) is 0 Å². The second-order valence-corrected chi connectivity index (χ2v) is 6.02. The smallest absolute Gasteiger partial charge is 0.254 e. The summed E-state index contributed by atoms with van der Waals surface area (Å²) in [5, 5.41) is 0.956. The van der Waals surface area contributed by atoms with Gasteiger partial charge in [0, 0.05) is 59.9 Å². The number of nitrogens with zero attached hydrogens (tertiary/aromatic N) is 3. The number of halogens is 2. The second kappa shape index (κ2) is 6.55. The molecule has 6 heteroatoms. The van der Waals surface area contributed by atoms with Crippen molar-refractivity contribution in [3.63, 3.8) is 0 Å². The maximum Gasteiger partial charge on any atom is 0.254 e. The van der Waals surface area contributed by atoms with Crippen LogP contribution in [0.5, 0.6) is 0 Å². The van der Waals surface area contributed by atoms with Crippen LogP contribution in [0.2, 0.25) is 10.0 Å². The molecule has 3 rings (SSSR count). The summed E-state index contributed by atoms with van der Waals surface area (Å²) in [6.07, 6.45) is 3.56. The molecule has 0 radical (unpaired) electrons. The number of hydrogen-bond acceptors (Lipinski definition) is 3. The van der Waals surface area contributed by atoms with Gasteiger partial charge in [-0.3, -0.25) is 9.78 Å². The molecule has 2 aromatic rings. The number of piperazine rings is 1. The number of amides is 1. The van der Waals surface area contributed by atoms with Crippen molar-refractivity contribution in [1.82, 2.24) is 9.88 Å². The van der Waals surface area contributed by atoms with Crippen LogP contribution >= 0.6 is 23.2 Å². The highest BCUT2D eigenvalue weighted by atomic mass is 35.5. The minimum Gasteiger partial charge on any atom is -0.368 e. The van der Waals surface area contributed by atoms with Crippen molar-refractivity contribution in [2.45, 2.75) is 0 Å². The SMILES string of the molecule is O=C(c1cc(Cl)cc(Cl)c1)N1CCN(c2ccncc2)CC1. The van der Waals surface area contributed by atoms with Crippen LogP contribution in [0.25, 0.3) is 0 Å². The fourth-order valence-corrected chi connectivity index (χ4v) is 3.11. The van der Waals surface area contributed by atoms with E-state index in [9.17, 15) is 4.79 Å². The summed E-state index contributed by atoms with van der Waals surface area (Å²) in [6, 6.07) is 8.90. The Bertz CT molecular complexity index is 650. The van der Waals surface area contributed by atoms with E-state index in [-0.39, 0.29) is 5.91 Å². The maximum absolute atomic E-state index is 12.5. The molecular weight excluding hydrogens is 321 g/mol. The highest BCUT2D eigenvalue weighted by Gasteiger charge is 2.22. The van der Waals surface area contributed by atoms with Crippen LogP contribution in [0.15, 0.2) is 42.7 Å². The van der Waals surface area contributed by atoms with Crippen molar-refractivity contribution in [2.24, 2.45) is 0 Å². The molecule has 1 amide bonds. The Balaban J connectivity index is 1.67. The van der Waals surface area contributed by atoms with Crippen molar-refractivity contribution < 1.29 is 4.79 Å². The molecule has 1 saturated heterocycles. The van der Waals surface area contributed by atoms with E-state index in [1.807, 2.05) is 17.0 Å². The Kier molecular flexibility index (Phi) is 4.50. The Morgan fingerprint density at radius 3 is 2.14 bits per heavy atom. The molecule has 1 fully saturated rings. The number of rotatable bonds is 2. The van der Waals surface area contributed by atoms with E-state index in [1.54, 1.807) is 30.6 Å². The molecule has 0 aliphatic carbocycles. The Hall–Kier alpha value is -1.78. The van der Waals surface area contributed by atoms with Gasteiger partial charge in [0.2, 0.25) is 0 Å². The number of carbonyl (C=O) groups is 1. The molecule has 0 unspecified atom stereocenters. The first-order valence-corrected chi connectivity index (χ1v) is 7.79. The maximum atomic E-state index is 12.5. The lowest BCUT2D eigenvalue weighted by Crippen LogP contribution is -2.48. The van der Waals surface area contributed by atoms with Crippen LogP contribution in [-0.2, 0) is 0 Å². The Morgan fingerprint density at radius 1 is 0.955 bits per heavy atom. The van der Waals surface area contributed by atoms with Gasteiger partial charge in [0.1, 0.15) is 0 Å². The lowest BCUT2D eigenvalue weighted by Gasteiger charge is -2.36. The number of pyridine rings is 1. The average molecular weight is 336 g/mol. The van der Waals surface area contributed by atoms with E-state index in [0.29, 0.717) is 28.7 Å². The minimum absolute atomic E-state index is 0.0289. The lowest BCUT2D eigenvalue weighted by atomic mass is 10.1. The van der Waals surface area contributed by atoms with Crippen LogP contribution in [-0.4, -0.2) is 42.0 Å². The first-order valence-electron chi connectivity index (χ1n) is 7.04. The van der Waals surface area contributed by atoms with Crippen LogP contribution in [0.4, 0.5) is 5.69 Å². The molecule has 0 N–H and O–H groups in total. The molecule has 0 bridgehead atoms. The highest BCUT2D eigenvalue weighted by Crippen LogP contribution is 2.21. The molecule has 1 aromatic heterocycles. The third kappa shape index (κ3) is 3.34. The van der Waals surface area contributed by atoms with Crippen LogP contribution in [0.3, 0.4) is 0 Å². The van der Waals surface area contributed by atoms with Crippen molar-refractivity contribution in [3.05, 3.63) is 58.3 Å². The van der Waals surface area contributed by atoms with E-state index in [4.69, 9.17) is 23.2 Å². The van der Waals surface area contributed by atoms with Gasteiger partial charge in [-0.05, 0) is 30.3 Å². The number of carbonyl (C=O) groups excluding carboxylic acids is 1. The summed E-state index contributed by atoms with van der Waals surface area (Å²) in [7, 11) is 0. The quantitative estimate of drug-likeness (QED) is 0.844. The van der Waals surface area contributed by atoms with Gasteiger partial charge in [-0.25, -0.2) is 0 Å². The first-order chi connectivity index (χ1) is 10.6. The molecule has 1 aromatic carbocycles. The summed E-state index contributed by atoms with van der Waals surface area (Å²) in [6.45, 7) is 2.94. The zero-order valence-electron chi connectivity index (χ0n) is 11.9. The minimum atomic E-state index is -0.0289. The summed E-state index contributed by atoms with van der Waals surface area (Å²) >= 11 is 11.9. The van der Waals surface area contributed by atoms with Gasteiger partial charge in [-0.15, -0.1) is 0 Å². The summed E-state index contributed by atoms with van der Waals surface area (Å²) < 4.78 is 0. The fraction of sp³-hybridized carbons (Fsp3) is 0.250. The van der Waals surface area contributed by atoms with E-state index in [2.05, 4.69) is 9.88 Å². The molecule has 1 aliphatic rings. The van der Waals surface area contributed by atoms with Crippen molar-refractivity contribution in [2.75, 3.05) is 31.1 Å². The summed E-state index contributed by atoms with van der Waals surface area (Å²) in [4.78, 5) is 20.6. The second-order valence-electron chi connectivity index (χ2n) is 5.14. The van der Waals surface area contributed by atoms with Crippen LogP contribution < -0.4 is 4.90 Å². The molecule has 4 nitrogen and oxygen atoms in total. The Morgan fingerprint density at radius 2 is 1.55 bits per heavy atom. The lowest BCUT2D eigenvalue weighted by molar-refractivity contribution is 0.0747. The topological polar surface area (TPSA) is 36.4 Å². The average Bonchev–Trinajstić information content (AvgIpc) is 2.54. The van der Waals surface area contributed by atoms with Crippen LogP contribution in [0.1, 0.15) is 10.4 Å². The number of benzene rings is 1. The molecular formula is C16H15Cl2N3O. The first kappa shape index (κ1) is 15.1. The van der Waals surface area contributed by atoms with Crippen molar-refractivity contribution in [3.8, 4) is 0 Å². The van der Waals surface area contributed by atoms with Gasteiger partial charge in [0.15, 0.2) is 0 Å². The molecule has 2 heterocycles. The van der Waals surface area contributed by atoms with Crippen LogP contribution in [0, 0.1) is 0 Å². The van der Waals surface area contributed by atoms with E-state index >= 15 is 0 Å². The van der Waals surface area contributed by atoms with E-state index < -0.39 is 0 Å². The normalized spacial score (nSPS) is 15.0. The molecule has 114 valence electrons. The zero-order chi connectivity index (χ0) is 15.5. The zero-order valence-corrected chi connectivity index (χ0v) is 13.4. The largest absolute Gasteiger partial charge is 0.368 e. The predicted molar refractivity (Wildman–Crippen MR) is 88.8 cm³/mol. The number of aromatic nitrogens is 1. The monoisotopic (exact) mass is 335 g/mol. The molecule has 22 heavy (non-hydrogen) atoms. The molecule has 0 atom stereocenters. The van der Waals surface area contributed by atoms with Crippen molar-refractivity contribution in [1.29, 1.82) is 0 Å². The summed E-state index contributed by atoms with van der Waals surface area (Å²) in [5.74, 6) is -0.0289. The van der Waals surface area contributed by atoms with E-state index in [1.165, 1.54) is 0 Å². The van der Waals surface area contributed by atoms with Gasteiger partial charge < -0.3 is 9.80 Å². The highest BCUT2D eigenvalue weighted by molar-refractivity contribution is 6.35. The van der Waals surface area contributed by atoms with Gasteiger partial charge >= 0.3 is 0 Å². The molecule has 1 aliphatic heterocycles. The van der Waals surface area contributed by atoms with Gasteiger partial charge in [-0.1, -0.05) is 23.2 Å². The standard InChI is InChI=1S/C16H15Cl2N3O/c17-13-9-12(10-14(18)11-13)16(22)21-7-5-20(6-8-21)15-1-3-19-4-2-15/h1-4,9-11H,5-8H2. The van der Waals surface area contributed by atoms with Crippen molar-refractivity contribution >= 4 is 34.8 Å². The van der Waals surface area contributed by atoms with Gasteiger partial charge in [0.25, 0.3) is 5.91 Å². The Labute approximate surface area is 139 Å². The third-order valence-electron chi connectivity index (χ3n) is 3.70. The van der Waals surface area contributed by atoms with E-state index in [0.717, 1.165) is 18.8 Å². The number of anilines is 1.